The van der Waals surface area contributed by atoms with E-state index in [1.807, 2.05) is 6.20 Å². The van der Waals surface area contributed by atoms with Crippen LogP contribution in [0.2, 0.25) is 0 Å². The van der Waals surface area contributed by atoms with Gasteiger partial charge in [0.2, 0.25) is 11.3 Å². The van der Waals surface area contributed by atoms with Gasteiger partial charge in [0, 0.05) is 51.7 Å². The molecule has 0 unspecified atom stereocenters. The zero-order valence-electron chi connectivity index (χ0n) is 15.7. The van der Waals surface area contributed by atoms with Crippen LogP contribution in [0.4, 0.5) is 17.5 Å². The van der Waals surface area contributed by atoms with Crippen molar-refractivity contribution in [2.24, 2.45) is 0 Å². The fourth-order valence-electron chi connectivity index (χ4n) is 3.93. The third-order valence-corrected chi connectivity index (χ3v) is 5.44. The summed E-state index contributed by atoms with van der Waals surface area (Å²) in [5.41, 5.74) is 0.936. The van der Waals surface area contributed by atoms with Crippen LogP contribution < -0.4 is 14.7 Å². The molecule has 0 bridgehead atoms. The Balaban J connectivity index is 1.42. The molecule has 2 saturated heterocycles. The van der Waals surface area contributed by atoms with E-state index >= 15 is 0 Å². The zero-order chi connectivity index (χ0) is 18.8. The van der Waals surface area contributed by atoms with Gasteiger partial charge >= 0.3 is 0 Å². The van der Waals surface area contributed by atoms with E-state index in [2.05, 4.69) is 35.0 Å². The lowest BCUT2D eigenvalue weighted by Crippen LogP contribution is -2.47. The van der Waals surface area contributed by atoms with Crippen molar-refractivity contribution in [2.45, 2.75) is 25.7 Å². The predicted octanol–water partition coefficient (Wildman–Crippen LogP) is 1.51. The Bertz CT molecular complexity index is 915. The topological polar surface area (TPSA) is 100 Å². The third-order valence-electron chi connectivity index (χ3n) is 5.44. The summed E-state index contributed by atoms with van der Waals surface area (Å²) >= 11 is 0. The molecule has 10 heteroatoms. The van der Waals surface area contributed by atoms with Gasteiger partial charge in [0.15, 0.2) is 11.6 Å². The maximum absolute atomic E-state index is 4.86. The fourth-order valence-corrected chi connectivity index (χ4v) is 3.93. The highest BCUT2D eigenvalue weighted by Crippen LogP contribution is 2.30. The Kier molecular flexibility index (Phi) is 4.59. The van der Waals surface area contributed by atoms with E-state index in [9.17, 15) is 0 Å². The molecule has 0 radical (unpaired) electrons. The van der Waals surface area contributed by atoms with Crippen molar-refractivity contribution < 1.29 is 4.63 Å². The van der Waals surface area contributed by atoms with Gasteiger partial charge in [-0.3, -0.25) is 4.98 Å². The molecular weight excluding hydrogens is 358 g/mol. The number of rotatable bonds is 3. The van der Waals surface area contributed by atoms with Gasteiger partial charge in [0.1, 0.15) is 5.82 Å². The summed E-state index contributed by atoms with van der Waals surface area (Å²) in [6, 6.07) is 0. The molecule has 0 atom stereocenters. The lowest BCUT2D eigenvalue weighted by Gasteiger charge is -2.37. The van der Waals surface area contributed by atoms with E-state index in [0.717, 1.165) is 56.7 Å². The van der Waals surface area contributed by atoms with Gasteiger partial charge in [-0.15, -0.1) is 0 Å². The van der Waals surface area contributed by atoms with Crippen molar-refractivity contribution in [3.8, 4) is 0 Å². The molecule has 0 aliphatic carbocycles. The molecule has 3 aromatic heterocycles. The molecule has 146 valence electrons. The van der Waals surface area contributed by atoms with Crippen LogP contribution in [0.3, 0.4) is 0 Å². The average molecular weight is 381 g/mol. The molecule has 5 heterocycles. The third kappa shape index (κ3) is 3.30. The maximum atomic E-state index is 4.86. The molecule has 0 saturated carbocycles. The van der Waals surface area contributed by atoms with Gasteiger partial charge in [0.25, 0.3) is 0 Å². The van der Waals surface area contributed by atoms with Gasteiger partial charge in [-0.25, -0.2) is 19.6 Å². The molecule has 28 heavy (non-hydrogen) atoms. The molecule has 2 fully saturated rings. The summed E-state index contributed by atoms with van der Waals surface area (Å²) in [5, 5.41) is 7.82. The number of hydrogen-bond donors (Lipinski definition) is 0. The van der Waals surface area contributed by atoms with Crippen molar-refractivity contribution in [3.63, 3.8) is 0 Å². The maximum Gasteiger partial charge on any atom is 0.245 e. The fraction of sp³-hybridized carbons (Fsp3) is 0.556. The molecular formula is C18H23N9O. The molecule has 5 rings (SSSR count). The number of hydrogen-bond acceptors (Lipinski definition) is 10. The monoisotopic (exact) mass is 381 g/mol. The highest BCUT2D eigenvalue weighted by Gasteiger charge is 2.26. The summed E-state index contributed by atoms with van der Waals surface area (Å²) in [7, 11) is 0. The minimum absolute atomic E-state index is 0.463. The highest BCUT2D eigenvalue weighted by molar-refractivity contribution is 5.75. The zero-order valence-corrected chi connectivity index (χ0v) is 15.7. The van der Waals surface area contributed by atoms with E-state index in [0.29, 0.717) is 11.3 Å². The second kappa shape index (κ2) is 7.53. The minimum Gasteiger partial charge on any atom is -0.353 e. The molecule has 2 aliphatic rings. The van der Waals surface area contributed by atoms with Crippen molar-refractivity contribution in [1.29, 1.82) is 0 Å². The summed E-state index contributed by atoms with van der Waals surface area (Å²) in [4.78, 5) is 25.0. The SMILES string of the molecule is c1cnc(N2CCN(c3nc4nonc4nc3N3CCCCCC3)CC2)cn1. The predicted molar refractivity (Wildman–Crippen MR) is 105 cm³/mol. The van der Waals surface area contributed by atoms with E-state index in [1.54, 1.807) is 12.4 Å². The summed E-state index contributed by atoms with van der Waals surface area (Å²) < 4.78 is 4.86. The van der Waals surface area contributed by atoms with Crippen LogP contribution in [0, 0.1) is 0 Å². The van der Waals surface area contributed by atoms with Crippen LogP contribution in [-0.4, -0.2) is 69.5 Å². The second-order valence-electron chi connectivity index (χ2n) is 7.22. The van der Waals surface area contributed by atoms with Crippen LogP contribution in [-0.2, 0) is 0 Å². The van der Waals surface area contributed by atoms with Gasteiger partial charge in [-0.05, 0) is 23.2 Å². The Hall–Kier alpha value is -3.04. The molecule has 3 aromatic rings. The first kappa shape index (κ1) is 17.1. The van der Waals surface area contributed by atoms with Gasteiger partial charge in [-0.1, -0.05) is 12.8 Å². The number of fused-ring (bicyclic) bond motifs is 1. The first-order chi connectivity index (χ1) is 13.9. The number of anilines is 3. The average Bonchev–Trinajstić information content (AvgIpc) is 3.05. The number of piperazine rings is 1. The molecule has 10 nitrogen and oxygen atoms in total. The molecule has 0 N–H and O–H groups in total. The van der Waals surface area contributed by atoms with Gasteiger partial charge < -0.3 is 14.7 Å². The lowest BCUT2D eigenvalue weighted by atomic mass is 10.2. The first-order valence-electron chi connectivity index (χ1n) is 9.90. The largest absolute Gasteiger partial charge is 0.353 e. The van der Waals surface area contributed by atoms with Crippen molar-refractivity contribution >= 4 is 28.7 Å². The van der Waals surface area contributed by atoms with E-state index in [1.165, 1.54) is 25.7 Å². The van der Waals surface area contributed by atoms with Crippen molar-refractivity contribution in [2.75, 3.05) is 54.0 Å². The van der Waals surface area contributed by atoms with Crippen molar-refractivity contribution in [1.82, 2.24) is 30.2 Å². The van der Waals surface area contributed by atoms with Crippen LogP contribution in [0.5, 0.6) is 0 Å². The smallest absolute Gasteiger partial charge is 0.245 e. The number of nitrogens with zero attached hydrogens (tertiary/aromatic N) is 9. The van der Waals surface area contributed by atoms with Crippen molar-refractivity contribution in [3.05, 3.63) is 18.6 Å². The van der Waals surface area contributed by atoms with E-state index in [-0.39, 0.29) is 0 Å². The highest BCUT2D eigenvalue weighted by atomic mass is 16.6. The first-order valence-corrected chi connectivity index (χ1v) is 9.90. The Morgan fingerprint density at radius 2 is 1.29 bits per heavy atom. The normalized spacial score (nSPS) is 18.5. The Labute approximate surface area is 162 Å². The Morgan fingerprint density at radius 3 is 1.89 bits per heavy atom. The molecule has 0 amide bonds. The summed E-state index contributed by atoms with van der Waals surface area (Å²) in [6.07, 6.45) is 10.1. The van der Waals surface area contributed by atoms with Gasteiger partial charge in [0.05, 0.1) is 6.20 Å². The van der Waals surface area contributed by atoms with Crippen LogP contribution in [0.1, 0.15) is 25.7 Å². The minimum atomic E-state index is 0.463. The van der Waals surface area contributed by atoms with Gasteiger partial charge in [-0.2, -0.15) is 0 Å². The number of aromatic nitrogens is 6. The van der Waals surface area contributed by atoms with Crippen LogP contribution in [0.15, 0.2) is 23.2 Å². The van der Waals surface area contributed by atoms with Crippen LogP contribution in [0.25, 0.3) is 11.3 Å². The standard InChI is InChI=1S/C18H23N9O/c1-2-4-8-26(7-3-1)17-18(22-16-15(21-17)23-28-24-16)27-11-9-25(10-12-27)14-13-19-5-6-20-14/h5-6,13H,1-4,7-12H2. The summed E-state index contributed by atoms with van der Waals surface area (Å²) in [6.45, 7) is 5.38. The molecule has 0 aromatic carbocycles. The second-order valence-corrected chi connectivity index (χ2v) is 7.22. The lowest BCUT2D eigenvalue weighted by molar-refractivity contribution is 0.314. The Morgan fingerprint density at radius 1 is 0.679 bits per heavy atom. The quantitative estimate of drug-likeness (QED) is 0.663. The van der Waals surface area contributed by atoms with E-state index in [4.69, 9.17) is 14.6 Å². The summed E-state index contributed by atoms with van der Waals surface area (Å²) in [5.74, 6) is 2.69. The van der Waals surface area contributed by atoms with E-state index < -0.39 is 0 Å². The molecule has 2 aliphatic heterocycles. The van der Waals surface area contributed by atoms with Crippen LogP contribution >= 0.6 is 0 Å². The molecule has 0 spiro atoms.